The molecule has 1 atom stereocenters. The zero-order chi connectivity index (χ0) is 11.9. The first-order valence-electron chi connectivity index (χ1n) is 4.22. The van der Waals surface area contributed by atoms with E-state index >= 15 is 0 Å². The maximum absolute atomic E-state index is 12.1. The minimum atomic E-state index is -4.94. The number of nitrogens with zero attached hydrogens (tertiary/aromatic N) is 1. The summed E-state index contributed by atoms with van der Waals surface area (Å²) in [5.41, 5.74) is 0. The third-order valence-electron chi connectivity index (χ3n) is 2.17. The van der Waals surface area contributed by atoms with E-state index in [1.165, 1.54) is 6.92 Å². The zero-order valence-corrected chi connectivity index (χ0v) is 8.73. The number of amides is 1. The standard InChI is InChI=1S/C7H10F3NO3S/c1-5-4-15(13,14)3-2-11(5)6(12)7(8,9)10/h5H,2-4H2,1H3. The van der Waals surface area contributed by atoms with Crippen molar-refractivity contribution in [2.75, 3.05) is 18.1 Å². The molecular formula is C7H10F3NO3S. The Labute approximate surface area is 85.0 Å². The van der Waals surface area contributed by atoms with Crippen molar-refractivity contribution in [1.29, 1.82) is 0 Å². The van der Waals surface area contributed by atoms with Gasteiger partial charge < -0.3 is 4.90 Å². The lowest BCUT2D eigenvalue weighted by Crippen LogP contribution is -2.53. The van der Waals surface area contributed by atoms with Gasteiger partial charge >= 0.3 is 12.1 Å². The Morgan fingerprint density at radius 3 is 2.33 bits per heavy atom. The molecule has 1 heterocycles. The van der Waals surface area contributed by atoms with Crippen LogP contribution >= 0.6 is 0 Å². The Morgan fingerprint density at radius 2 is 1.93 bits per heavy atom. The second kappa shape index (κ2) is 3.66. The molecule has 1 rings (SSSR count). The van der Waals surface area contributed by atoms with Crippen LogP contribution in [-0.2, 0) is 14.6 Å². The van der Waals surface area contributed by atoms with E-state index in [0.717, 1.165) is 0 Å². The average Bonchev–Trinajstić information content (AvgIpc) is 1.99. The largest absolute Gasteiger partial charge is 0.471 e. The minimum absolute atomic E-state index is 0.387. The van der Waals surface area contributed by atoms with Gasteiger partial charge in [-0.15, -0.1) is 0 Å². The molecule has 1 fully saturated rings. The van der Waals surface area contributed by atoms with Gasteiger partial charge in [-0.2, -0.15) is 13.2 Å². The van der Waals surface area contributed by atoms with Gasteiger partial charge in [-0.1, -0.05) is 0 Å². The van der Waals surface area contributed by atoms with Crippen LogP contribution in [-0.4, -0.2) is 49.5 Å². The molecule has 0 aliphatic carbocycles. The fraction of sp³-hybridized carbons (Fsp3) is 0.857. The predicted octanol–water partition coefficient (Wildman–Crippen LogP) is 0.194. The maximum Gasteiger partial charge on any atom is 0.471 e. The Kier molecular flexibility index (Phi) is 2.99. The highest BCUT2D eigenvalue weighted by Crippen LogP contribution is 2.22. The van der Waals surface area contributed by atoms with Crippen molar-refractivity contribution in [3.63, 3.8) is 0 Å². The molecule has 0 bridgehead atoms. The van der Waals surface area contributed by atoms with E-state index in [1.54, 1.807) is 0 Å². The summed E-state index contributed by atoms with van der Waals surface area (Å²) in [6, 6.07) is -0.919. The smallest absolute Gasteiger partial charge is 0.330 e. The SMILES string of the molecule is CC1CS(=O)(=O)CCN1C(=O)C(F)(F)F. The number of hydrogen-bond acceptors (Lipinski definition) is 3. The van der Waals surface area contributed by atoms with Gasteiger partial charge in [0, 0.05) is 12.6 Å². The molecule has 4 nitrogen and oxygen atoms in total. The van der Waals surface area contributed by atoms with Crippen LogP contribution in [0.15, 0.2) is 0 Å². The second-order valence-corrected chi connectivity index (χ2v) is 5.69. The van der Waals surface area contributed by atoms with E-state index in [-0.39, 0.29) is 6.54 Å². The van der Waals surface area contributed by atoms with Crippen LogP contribution in [0.3, 0.4) is 0 Å². The molecule has 8 heteroatoms. The Morgan fingerprint density at radius 1 is 1.40 bits per heavy atom. The summed E-state index contributed by atoms with van der Waals surface area (Å²) in [6.07, 6.45) is -4.94. The number of hydrogen-bond donors (Lipinski definition) is 0. The van der Waals surface area contributed by atoms with Crippen LogP contribution in [0.4, 0.5) is 13.2 Å². The van der Waals surface area contributed by atoms with E-state index in [1.807, 2.05) is 0 Å². The lowest BCUT2D eigenvalue weighted by molar-refractivity contribution is -0.187. The van der Waals surface area contributed by atoms with E-state index in [9.17, 15) is 26.4 Å². The monoisotopic (exact) mass is 245 g/mol. The summed E-state index contributed by atoms with van der Waals surface area (Å²) in [7, 11) is -3.31. The Hall–Kier alpha value is -0.790. The van der Waals surface area contributed by atoms with Crippen LogP contribution in [0.5, 0.6) is 0 Å². The summed E-state index contributed by atoms with van der Waals surface area (Å²) >= 11 is 0. The number of rotatable bonds is 0. The van der Waals surface area contributed by atoms with Crippen molar-refractivity contribution in [2.45, 2.75) is 19.1 Å². The second-order valence-electron chi connectivity index (χ2n) is 3.46. The van der Waals surface area contributed by atoms with E-state index in [4.69, 9.17) is 0 Å². The van der Waals surface area contributed by atoms with Crippen molar-refractivity contribution in [2.24, 2.45) is 0 Å². The molecule has 0 spiro atoms. The van der Waals surface area contributed by atoms with Crippen molar-refractivity contribution >= 4 is 15.7 Å². The Bertz CT molecular complexity index is 362. The maximum atomic E-state index is 12.1. The fourth-order valence-electron chi connectivity index (χ4n) is 1.46. The van der Waals surface area contributed by atoms with Crippen LogP contribution in [0.2, 0.25) is 0 Å². The molecule has 1 aliphatic rings. The molecule has 15 heavy (non-hydrogen) atoms. The quantitative estimate of drug-likeness (QED) is 0.612. The number of carbonyl (C=O) groups excluding carboxylic acids is 1. The number of sulfone groups is 1. The topological polar surface area (TPSA) is 54.5 Å². The molecular weight excluding hydrogens is 235 g/mol. The summed E-state index contributed by atoms with van der Waals surface area (Å²) in [4.78, 5) is 11.4. The van der Waals surface area contributed by atoms with Gasteiger partial charge in [-0.25, -0.2) is 8.42 Å². The highest BCUT2D eigenvalue weighted by atomic mass is 32.2. The number of alkyl halides is 3. The summed E-state index contributed by atoms with van der Waals surface area (Å²) in [5, 5.41) is 0. The highest BCUT2D eigenvalue weighted by molar-refractivity contribution is 7.91. The summed E-state index contributed by atoms with van der Waals surface area (Å²) < 4.78 is 58.3. The minimum Gasteiger partial charge on any atom is -0.330 e. The first-order chi connectivity index (χ1) is 6.63. The van der Waals surface area contributed by atoms with Crippen LogP contribution in [0.1, 0.15) is 6.92 Å². The lowest BCUT2D eigenvalue weighted by atomic mass is 10.3. The molecule has 0 saturated carbocycles. The van der Waals surface area contributed by atoms with Crippen LogP contribution in [0.25, 0.3) is 0 Å². The van der Waals surface area contributed by atoms with Gasteiger partial charge in [-0.05, 0) is 6.92 Å². The molecule has 1 aliphatic heterocycles. The Balaban J connectivity index is 2.80. The van der Waals surface area contributed by atoms with Crippen molar-refractivity contribution in [3.8, 4) is 0 Å². The van der Waals surface area contributed by atoms with Gasteiger partial charge in [0.15, 0.2) is 9.84 Å². The van der Waals surface area contributed by atoms with Gasteiger partial charge in [0.2, 0.25) is 0 Å². The third kappa shape index (κ3) is 2.83. The molecule has 0 radical (unpaired) electrons. The molecule has 0 N–H and O–H groups in total. The average molecular weight is 245 g/mol. The summed E-state index contributed by atoms with van der Waals surface area (Å²) in [6.45, 7) is 0.905. The zero-order valence-electron chi connectivity index (χ0n) is 7.91. The molecule has 1 saturated heterocycles. The molecule has 0 aromatic rings. The third-order valence-corrected chi connectivity index (χ3v) is 3.97. The molecule has 88 valence electrons. The van der Waals surface area contributed by atoms with Crippen LogP contribution in [0, 0.1) is 0 Å². The van der Waals surface area contributed by atoms with Gasteiger partial charge in [-0.3, -0.25) is 4.79 Å². The highest BCUT2D eigenvalue weighted by Gasteiger charge is 2.45. The number of carbonyl (C=O) groups is 1. The van der Waals surface area contributed by atoms with Crippen molar-refractivity contribution < 1.29 is 26.4 Å². The van der Waals surface area contributed by atoms with Crippen molar-refractivity contribution in [3.05, 3.63) is 0 Å². The van der Waals surface area contributed by atoms with Crippen molar-refractivity contribution in [1.82, 2.24) is 4.90 Å². The lowest BCUT2D eigenvalue weighted by Gasteiger charge is -2.33. The summed E-state index contributed by atoms with van der Waals surface area (Å²) in [5.74, 6) is -2.78. The number of halogens is 3. The molecule has 0 aromatic heterocycles. The van der Waals surface area contributed by atoms with Gasteiger partial charge in [0.05, 0.1) is 11.5 Å². The first-order valence-corrected chi connectivity index (χ1v) is 6.04. The molecule has 1 amide bonds. The van der Waals surface area contributed by atoms with Gasteiger partial charge in [0.1, 0.15) is 0 Å². The van der Waals surface area contributed by atoms with Crippen LogP contribution < -0.4 is 0 Å². The fourth-order valence-corrected chi connectivity index (χ4v) is 3.02. The normalized spacial score (nSPS) is 26.4. The molecule has 0 aromatic carbocycles. The molecule has 1 unspecified atom stereocenters. The first kappa shape index (κ1) is 12.3. The van der Waals surface area contributed by atoms with E-state index in [0.29, 0.717) is 4.90 Å². The van der Waals surface area contributed by atoms with E-state index in [2.05, 4.69) is 0 Å². The van der Waals surface area contributed by atoms with Gasteiger partial charge in [0.25, 0.3) is 0 Å². The van der Waals surface area contributed by atoms with E-state index < -0.39 is 39.5 Å². The predicted molar refractivity (Wildman–Crippen MR) is 45.9 cm³/mol.